The van der Waals surface area contributed by atoms with Crippen LogP contribution in [0, 0.1) is 6.92 Å². The highest BCUT2D eigenvalue weighted by molar-refractivity contribution is 5.93. The van der Waals surface area contributed by atoms with Gasteiger partial charge in [0.05, 0.1) is 11.4 Å². The van der Waals surface area contributed by atoms with Gasteiger partial charge >= 0.3 is 6.03 Å². The zero-order valence-electron chi connectivity index (χ0n) is 15.0. The highest BCUT2D eigenvalue weighted by Crippen LogP contribution is 2.31. The number of nitrogens with zero attached hydrogens (tertiary/aromatic N) is 2. The first-order valence-corrected chi connectivity index (χ1v) is 8.91. The fraction of sp³-hybridized carbons (Fsp3) is 0.400. The van der Waals surface area contributed by atoms with Gasteiger partial charge in [-0.25, -0.2) is 4.79 Å². The molecule has 2 amide bonds. The quantitative estimate of drug-likeness (QED) is 0.863. The minimum atomic E-state index is -0.191. The number of hydrogen-bond donors (Lipinski definition) is 2. The van der Waals surface area contributed by atoms with E-state index in [1.54, 1.807) is 12.4 Å². The number of pyridine rings is 1. The largest absolute Gasteiger partial charge is 0.370 e. The predicted molar refractivity (Wildman–Crippen MR) is 102 cm³/mol. The fourth-order valence-corrected chi connectivity index (χ4v) is 3.42. The van der Waals surface area contributed by atoms with Crippen LogP contribution >= 0.6 is 0 Å². The molecule has 0 bridgehead atoms. The number of hydrogen-bond acceptors (Lipinski definition) is 3. The first-order chi connectivity index (χ1) is 12.1. The molecule has 25 heavy (non-hydrogen) atoms. The maximum Gasteiger partial charge on any atom is 0.319 e. The van der Waals surface area contributed by atoms with E-state index in [2.05, 4.69) is 33.6 Å². The van der Waals surface area contributed by atoms with Gasteiger partial charge in [-0.2, -0.15) is 0 Å². The number of carbonyl (C=O) groups excluding carboxylic acids is 1. The van der Waals surface area contributed by atoms with E-state index in [-0.39, 0.29) is 6.03 Å². The molecular weight excluding hydrogens is 312 g/mol. The number of carbonyl (C=O) groups is 1. The molecule has 1 fully saturated rings. The number of benzene rings is 1. The number of rotatable bonds is 5. The predicted octanol–water partition coefficient (Wildman–Crippen LogP) is 4.09. The molecule has 1 aromatic heterocycles. The zero-order chi connectivity index (χ0) is 17.6. The van der Waals surface area contributed by atoms with Crippen molar-refractivity contribution in [2.45, 2.75) is 45.2 Å². The Balaban J connectivity index is 1.64. The summed E-state index contributed by atoms with van der Waals surface area (Å²) in [5, 5.41) is 5.92. The normalized spacial score (nSPS) is 14.3. The summed E-state index contributed by atoms with van der Waals surface area (Å²) in [7, 11) is 2.12. The summed E-state index contributed by atoms with van der Waals surface area (Å²) in [6.07, 6.45) is 8.57. The molecule has 0 spiro atoms. The van der Waals surface area contributed by atoms with Gasteiger partial charge in [-0.05, 0) is 49.1 Å². The SMILES string of the molecule is Cc1cnccc1CNC(=O)Nc1ccccc1N(C)C1CCCC1. The fourth-order valence-electron chi connectivity index (χ4n) is 3.42. The van der Waals surface area contributed by atoms with Crippen molar-refractivity contribution in [2.75, 3.05) is 17.3 Å². The molecule has 3 rings (SSSR count). The van der Waals surface area contributed by atoms with Gasteiger partial charge in [0.15, 0.2) is 0 Å². The van der Waals surface area contributed by atoms with Gasteiger partial charge in [0.2, 0.25) is 0 Å². The van der Waals surface area contributed by atoms with Crippen LogP contribution in [0.2, 0.25) is 0 Å². The second-order valence-electron chi connectivity index (χ2n) is 6.68. The number of urea groups is 1. The van der Waals surface area contributed by atoms with Crippen molar-refractivity contribution < 1.29 is 4.79 Å². The lowest BCUT2D eigenvalue weighted by atomic mass is 10.1. The Kier molecular flexibility index (Phi) is 5.53. The second-order valence-corrected chi connectivity index (χ2v) is 6.68. The highest BCUT2D eigenvalue weighted by Gasteiger charge is 2.21. The van der Waals surface area contributed by atoms with E-state index < -0.39 is 0 Å². The summed E-state index contributed by atoms with van der Waals surface area (Å²) < 4.78 is 0. The molecule has 5 heteroatoms. The molecule has 1 aliphatic carbocycles. The van der Waals surface area contributed by atoms with Crippen LogP contribution in [0.4, 0.5) is 16.2 Å². The number of anilines is 2. The molecule has 0 aliphatic heterocycles. The minimum Gasteiger partial charge on any atom is -0.370 e. The van der Waals surface area contributed by atoms with Crippen LogP contribution in [0.15, 0.2) is 42.7 Å². The molecule has 0 unspecified atom stereocenters. The molecule has 1 aromatic carbocycles. The average Bonchev–Trinajstić information content (AvgIpc) is 3.15. The monoisotopic (exact) mass is 338 g/mol. The Morgan fingerprint density at radius 3 is 2.76 bits per heavy atom. The van der Waals surface area contributed by atoms with Crippen LogP contribution in [-0.4, -0.2) is 24.1 Å². The van der Waals surface area contributed by atoms with Crippen LogP contribution < -0.4 is 15.5 Å². The summed E-state index contributed by atoms with van der Waals surface area (Å²) in [5.41, 5.74) is 4.07. The van der Waals surface area contributed by atoms with Crippen molar-refractivity contribution in [3.05, 3.63) is 53.9 Å². The van der Waals surface area contributed by atoms with Gasteiger partial charge in [-0.1, -0.05) is 25.0 Å². The molecule has 0 atom stereocenters. The smallest absolute Gasteiger partial charge is 0.319 e. The lowest BCUT2D eigenvalue weighted by Gasteiger charge is -2.28. The Hall–Kier alpha value is -2.56. The molecule has 1 aliphatic rings. The number of amides is 2. The average molecular weight is 338 g/mol. The van der Waals surface area contributed by atoms with Gasteiger partial charge in [0.1, 0.15) is 0 Å². The van der Waals surface area contributed by atoms with E-state index >= 15 is 0 Å². The molecular formula is C20H26N4O. The van der Waals surface area contributed by atoms with E-state index in [0.29, 0.717) is 12.6 Å². The minimum absolute atomic E-state index is 0.191. The molecule has 1 saturated carbocycles. The molecule has 0 radical (unpaired) electrons. The standard InChI is InChI=1S/C20H26N4O/c1-15-13-21-12-11-16(15)14-22-20(25)23-18-9-5-6-10-19(18)24(2)17-7-3-4-8-17/h5-6,9-13,17H,3-4,7-8,14H2,1-2H3,(H2,22,23,25). The molecule has 5 nitrogen and oxygen atoms in total. The maximum atomic E-state index is 12.3. The summed E-state index contributed by atoms with van der Waals surface area (Å²) in [4.78, 5) is 18.7. The van der Waals surface area contributed by atoms with Crippen molar-refractivity contribution in [3.8, 4) is 0 Å². The molecule has 0 saturated heterocycles. The summed E-state index contributed by atoms with van der Waals surface area (Å²) >= 11 is 0. The second kappa shape index (κ2) is 8.01. The topological polar surface area (TPSA) is 57.3 Å². The van der Waals surface area contributed by atoms with Crippen LogP contribution in [0.1, 0.15) is 36.8 Å². The Bertz CT molecular complexity index is 725. The summed E-state index contributed by atoms with van der Waals surface area (Å²) in [6, 6.07) is 10.3. The third kappa shape index (κ3) is 4.29. The third-order valence-electron chi connectivity index (χ3n) is 4.98. The van der Waals surface area contributed by atoms with Gasteiger partial charge in [0.25, 0.3) is 0 Å². The lowest BCUT2D eigenvalue weighted by molar-refractivity contribution is 0.251. The molecule has 1 heterocycles. The number of aromatic nitrogens is 1. The first kappa shape index (κ1) is 17.3. The summed E-state index contributed by atoms with van der Waals surface area (Å²) in [5.74, 6) is 0. The van der Waals surface area contributed by atoms with Crippen molar-refractivity contribution in [1.29, 1.82) is 0 Å². The van der Waals surface area contributed by atoms with Gasteiger partial charge in [0, 0.05) is 32.0 Å². The zero-order valence-corrected chi connectivity index (χ0v) is 15.0. The van der Waals surface area contributed by atoms with Crippen LogP contribution in [-0.2, 0) is 6.54 Å². The molecule has 132 valence electrons. The van der Waals surface area contributed by atoms with Crippen LogP contribution in [0.5, 0.6) is 0 Å². The lowest BCUT2D eigenvalue weighted by Crippen LogP contribution is -2.32. The molecule has 2 N–H and O–H groups in total. The van der Waals surface area contributed by atoms with Crippen molar-refractivity contribution in [2.24, 2.45) is 0 Å². The number of nitrogens with one attached hydrogen (secondary N) is 2. The van der Waals surface area contributed by atoms with Crippen molar-refractivity contribution in [3.63, 3.8) is 0 Å². The van der Waals surface area contributed by atoms with Crippen molar-refractivity contribution in [1.82, 2.24) is 10.3 Å². The van der Waals surface area contributed by atoms with E-state index in [0.717, 1.165) is 22.5 Å². The maximum absolute atomic E-state index is 12.3. The van der Waals surface area contributed by atoms with Gasteiger partial charge in [-0.3, -0.25) is 4.98 Å². The Labute approximate surface area is 149 Å². The van der Waals surface area contributed by atoms with Gasteiger partial charge < -0.3 is 15.5 Å². The van der Waals surface area contributed by atoms with E-state index in [1.165, 1.54) is 25.7 Å². The van der Waals surface area contributed by atoms with Crippen molar-refractivity contribution >= 4 is 17.4 Å². The number of aryl methyl sites for hydroxylation is 1. The van der Waals surface area contributed by atoms with E-state index in [9.17, 15) is 4.79 Å². The van der Waals surface area contributed by atoms with E-state index in [4.69, 9.17) is 0 Å². The Morgan fingerprint density at radius 2 is 2.00 bits per heavy atom. The van der Waals surface area contributed by atoms with Crippen LogP contribution in [0.3, 0.4) is 0 Å². The van der Waals surface area contributed by atoms with E-state index in [1.807, 2.05) is 31.2 Å². The first-order valence-electron chi connectivity index (χ1n) is 8.91. The Morgan fingerprint density at radius 1 is 1.24 bits per heavy atom. The third-order valence-corrected chi connectivity index (χ3v) is 4.98. The summed E-state index contributed by atoms with van der Waals surface area (Å²) in [6.45, 7) is 2.48. The number of para-hydroxylation sites is 2. The van der Waals surface area contributed by atoms with Crippen LogP contribution in [0.25, 0.3) is 0 Å². The molecule has 2 aromatic rings. The highest BCUT2D eigenvalue weighted by atomic mass is 16.2. The van der Waals surface area contributed by atoms with Gasteiger partial charge in [-0.15, -0.1) is 0 Å².